The van der Waals surface area contributed by atoms with Crippen LogP contribution in [0.25, 0.3) is 10.9 Å². The zero-order valence-electron chi connectivity index (χ0n) is 15.1. The number of benzene rings is 2. The molecular weight excluding hydrogens is 326 g/mol. The lowest BCUT2D eigenvalue weighted by Gasteiger charge is -2.23. The molecule has 1 heterocycles. The summed E-state index contributed by atoms with van der Waals surface area (Å²) in [5, 5.41) is 3.83. The Morgan fingerprint density at radius 1 is 1.08 bits per heavy atom. The van der Waals surface area contributed by atoms with Crippen molar-refractivity contribution in [2.24, 2.45) is 0 Å². The quantitative estimate of drug-likeness (QED) is 0.780. The molecule has 1 aromatic heterocycles. The molecule has 0 radical (unpaired) electrons. The summed E-state index contributed by atoms with van der Waals surface area (Å²) in [6.07, 6.45) is 1.69. The van der Waals surface area contributed by atoms with E-state index in [-0.39, 0.29) is 18.4 Å². The molecule has 3 aromatic rings. The van der Waals surface area contributed by atoms with E-state index in [2.05, 4.69) is 10.3 Å². The summed E-state index contributed by atoms with van der Waals surface area (Å²) in [7, 11) is 0. The third-order valence-corrected chi connectivity index (χ3v) is 4.24. The van der Waals surface area contributed by atoms with E-state index in [1.165, 1.54) is 11.8 Å². The van der Waals surface area contributed by atoms with Crippen molar-refractivity contribution in [2.45, 2.75) is 20.8 Å². The van der Waals surface area contributed by atoms with Gasteiger partial charge in [0.05, 0.1) is 11.2 Å². The van der Waals surface area contributed by atoms with Crippen molar-refractivity contribution >= 4 is 34.1 Å². The maximum atomic E-state index is 12.6. The predicted octanol–water partition coefficient (Wildman–Crippen LogP) is 3.84. The summed E-state index contributed by atoms with van der Waals surface area (Å²) in [5.41, 5.74) is 4.10. The van der Waals surface area contributed by atoms with Crippen LogP contribution >= 0.6 is 0 Å². The summed E-state index contributed by atoms with van der Waals surface area (Å²) in [6.45, 7) is 5.30. The maximum Gasteiger partial charge on any atom is 0.244 e. The molecule has 3 rings (SSSR count). The van der Waals surface area contributed by atoms with Crippen molar-refractivity contribution in [2.75, 3.05) is 16.8 Å². The normalized spacial score (nSPS) is 10.6. The highest BCUT2D eigenvalue weighted by atomic mass is 16.2. The van der Waals surface area contributed by atoms with Crippen LogP contribution in [0.5, 0.6) is 0 Å². The summed E-state index contributed by atoms with van der Waals surface area (Å²) in [5.74, 6) is -0.441. The number of pyridine rings is 1. The highest BCUT2D eigenvalue weighted by molar-refractivity contribution is 6.05. The van der Waals surface area contributed by atoms with E-state index in [4.69, 9.17) is 0 Å². The smallest absolute Gasteiger partial charge is 0.244 e. The SMILES string of the molecule is CC(=O)N(CC(=O)Nc1cccc2cccnc12)c1cc(C)ccc1C. The second-order valence-corrected chi connectivity index (χ2v) is 6.32. The molecule has 0 unspecified atom stereocenters. The molecule has 0 aliphatic rings. The lowest BCUT2D eigenvalue weighted by atomic mass is 10.1. The Kier molecular flexibility index (Phi) is 4.98. The van der Waals surface area contributed by atoms with Gasteiger partial charge in [0.1, 0.15) is 6.54 Å². The van der Waals surface area contributed by atoms with Gasteiger partial charge in [0.2, 0.25) is 11.8 Å². The number of hydrogen-bond acceptors (Lipinski definition) is 3. The Balaban J connectivity index is 1.85. The van der Waals surface area contributed by atoms with Crippen molar-refractivity contribution in [1.29, 1.82) is 0 Å². The van der Waals surface area contributed by atoms with Gasteiger partial charge in [-0.05, 0) is 43.2 Å². The molecular formula is C21H21N3O2. The molecule has 5 heteroatoms. The molecule has 0 spiro atoms. The third kappa shape index (κ3) is 3.72. The topological polar surface area (TPSA) is 62.3 Å². The maximum absolute atomic E-state index is 12.6. The molecule has 2 aromatic carbocycles. The number of fused-ring (bicyclic) bond motifs is 1. The van der Waals surface area contributed by atoms with Crippen LogP contribution in [-0.2, 0) is 9.59 Å². The number of nitrogens with zero attached hydrogens (tertiary/aromatic N) is 2. The van der Waals surface area contributed by atoms with Gasteiger partial charge < -0.3 is 10.2 Å². The van der Waals surface area contributed by atoms with Crippen molar-refractivity contribution in [3.05, 3.63) is 65.9 Å². The van der Waals surface area contributed by atoms with Crippen LogP contribution in [-0.4, -0.2) is 23.3 Å². The molecule has 5 nitrogen and oxygen atoms in total. The van der Waals surface area contributed by atoms with E-state index in [1.54, 1.807) is 6.20 Å². The highest BCUT2D eigenvalue weighted by Crippen LogP contribution is 2.23. The molecule has 0 aliphatic carbocycles. The van der Waals surface area contributed by atoms with Gasteiger partial charge in [-0.3, -0.25) is 14.6 Å². The van der Waals surface area contributed by atoms with E-state index in [0.717, 1.165) is 27.7 Å². The largest absolute Gasteiger partial charge is 0.323 e. The minimum atomic E-state index is -0.265. The van der Waals surface area contributed by atoms with Gasteiger partial charge in [-0.25, -0.2) is 0 Å². The molecule has 0 saturated carbocycles. The number of amides is 2. The van der Waals surface area contributed by atoms with Crippen LogP contribution in [0.2, 0.25) is 0 Å². The summed E-state index contributed by atoms with van der Waals surface area (Å²) >= 11 is 0. The molecule has 0 aliphatic heterocycles. The zero-order valence-corrected chi connectivity index (χ0v) is 15.1. The molecule has 2 amide bonds. The summed E-state index contributed by atoms with van der Waals surface area (Å²) in [6, 6.07) is 15.3. The number of aryl methyl sites for hydroxylation is 2. The average Bonchev–Trinajstić information content (AvgIpc) is 2.62. The molecule has 1 N–H and O–H groups in total. The van der Waals surface area contributed by atoms with Gasteiger partial charge in [0, 0.05) is 24.2 Å². The van der Waals surface area contributed by atoms with Gasteiger partial charge in [-0.2, -0.15) is 0 Å². The first-order valence-electron chi connectivity index (χ1n) is 8.44. The Labute approximate surface area is 152 Å². The zero-order chi connectivity index (χ0) is 18.7. The molecule has 0 bridgehead atoms. The van der Waals surface area contributed by atoms with Crippen LogP contribution in [0, 0.1) is 13.8 Å². The highest BCUT2D eigenvalue weighted by Gasteiger charge is 2.18. The monoisotopic (exact) mass is 347 g/mol. The van der Waals surface area contributed by atoms with Crippen molar-refractivity contribution < 1.29 is 9.59 Å². The number of anilines is 2. The number of para-hydroxylation sites is 1. The van der Waals surface area contributed by atoms with Crippen LogP contribution in [0.3, 0.4) is 0 Å². The van der Waals surface area contributed by atoms with Crippen LogP contribution in [0.15, 0.2) is 54.7 Å². The Morgan fingerprint density at radius 2 is 1.85 bits per heavy atom. The number of aromatic nitrogens is 1. The van der Waals surface area contributed by atoms with Crippen molar-refractivity contribution in [3.63, 3.8) is 0 Å². The van der Waals surface area contributed by atoms with Crippen molar-refractivity contribution in [3.8, 4) is 0 Å². The standard InChI is InChI=1S/C21H21N3O2/c1-14-9-10-15(2)19(12-14)24(16(3)25)13-20(26)23-18-8-4-6-17-7-5-11-22-21(17)18/h4-12H,13H2,1-3H3,(H,23,26). The van der Waals surface area contributed by atoms with E-state index < -0.39 is 0 Å². The number of rotatable bonds is 4. The first-order valence-corrected chi connectivity index (χ1v) is 8.44. The molecule has 0 saturated heterocycles. The van der Waals surface area contributed by atoms with Crippen LogP contribution < -0.4 is 10.2 Å². The van der Waals surface area contributed by atoms with E-state index in [1.807, 2.05) is 62.4 Å². The van der Waals surface area contributed by atoms with Crippen LogP contribution in [0.1, 0.15) is 18.1 Å². The molecule has 26 heavy (non-hydrogen) atoms. The van der Waals surface area contributed by atoms with Gasteiger partial charge >= 0.3 is 0 Å². The van der Waals surface area contributed by atoms with Gasteiger partial charge in [-0.1, -0.05) is 30.3 Å². The van der Waals surface area contributed by atoms with Gasteiger partial charge in [0.25, 0.3) is 0 Å². The minimum Gasteiger partial charge on any atom is -0.323 e. The molecule has 132 valence electrons. The summed E-state index contributed by atoms with van der Waals surface area (Å²) < 4.78 is 0. The number of nitrogens with one attached hydrogen (secondary N) is 1. The fourth-order valence-electron chi connectivity index (χ4n) is 2.91. The van der Waals surface area contributed by atoms with Crippen LogP contribution in [0.4, 0.5) is 11.4 Å². The van der Waals surface area contributed by atoms with Gasteiger partial charge in [-0.15, -0.1) is 0 Å². The Hall–Kier alpha value is -3.21. The Bertz CT molecular complexity index is 977. The van der Waals surface area contributed by atoms with E-state index >= 15 is 0 Å². The van der Waals surface area contributed by atoms with E-state index in [0.29, 0.717) is 5.69 Å². The average molecular weight is 347 g/mol. The number of carbonyl (C=O) groups excluding carboxylic acids is 2. The number of carbonyl (C=O) groups is 2. The second-order valence-electron chi connectivity index (χ2n) is 6.32. The fraction of sp³-hybridized carbons (Fsp3) is 0.190. The van der Waals surface area contributed by atoms with Gasteiger partial charge in [0.15, 0.2) is 0 Å². The molecule has 0 fully saturated rings. The summed E-state index contributed by atoms with van der Waals surface area (Å²) in [4.78, 5) is 30.6. The minimum absolute atomic E-state index is 0.0527. The van der Waals surface area contributed by atoms with E-state index in [9.17, 15) is 9.59 Å². The lowest BCUT2D eigenvalue weighted by Crippen LogP contribution is -2.37. The number of hydrogen-bond donors (Lipinski definition) is 1. The van der Waals surface area contributed by atoms with Crippen molar-refractivity contribution in [1.82, 2.24) is 4.98 Å². The molecule has 0 atom stereocenters. The first kappa shape index (κ1) is 17.6. The lowest BCUT2D eigenvalue weighted by molar-refractivity contribution is -0.120. The third-order valence-electron chi connectivity index (χ3n) is 4.24. The first-order chi connectivity index (χ1) is 12.5. The predicted molar refractivity (Wildman–Crippen MR) is 104 cm³/mol. The fourth-order valence-corrected chi connectivity index (χ4v) is 2.91. The second kappa shape index (κ2) is 7.35. The Morgan fingerprint density at radius 3 is 2.62 bits per heavy atom.